The van der Waals surface area contributed by atoms with Crippen molar-refractivity contribution in [3.8, 4) is 5.69 Å². The zero-order chi connectivity index (χ0) is 18.4. The quantitative estimate of drug-likeness (QED) is 0.568. The largest absolute Gasteiger partial charge is 0.365 e. The highest BCUT2D eigenvalue weighted by molar-refractivity contribution is 6.15. The van der Waals surface area contributed by atoms with Crippen molar-refractivity contribution >= 4 is 11.4 Å². The fourth-order valence-corrected chi connectivity index (χ4v) is 3.21. The van der Waals surface area contributed by atoms with Crippen molar-refractivity contribution in [2.24, 2.45) is 4.99 Å². The maximum absolute atomic E-state index is 11.3. The molecule has 0 saturated heterocycles. The van der Waals surface area contributed by atoms with Gasteiger partial charge in [0.1, 0.15) is 0 Å². The zero-order valence-corrected chi connectivity index (χ0v) is 14.2. The number of imidazole rings is 1. The monoisotopic (exact) mass is 348 g/mol. The summed E-state index contributed by atoms with van der Waals surface area (Å²) in [4.78, 5) is 19.8. The Bertz CT molecular complexity index is 1050. The number of hydrogen-bond donors (Lipinski definition) is 1. The molecule has 0 fully saturated rings. The second-order valence-electron chi connectivity index (χ2n) is 6.15. The molecule has 2 aromatic carbocycles. The Morgan fingerprint density at radius 1 is 1.15 bits per heavy atom. The van der Waals surface area contributed by atoms with E-state index in [9.17, 15) is 15.2 Å². The van der Waals surface area contributed by atoms with Gasteiger partial charge in [-0.3, -0.25) is 14.7 Å². The predicted octanol–water partition coefficient (Wildman–Crippen LogP) is 3.24. The summed E-state index contributed by atoms with van der Waals surface area (Å²) in [5.41, 5.74) is 4.18. The maximum atomic E-state index is 11.3. The van der Waals surface area contributed by atoms with Gasteiger partial charge in [-0.05, 0) is 19.9 Å². The van der Waals surface area contributed by atoms with Crippen LogP contribution in [0.5, 0.6) is 0 Å². The lowest BCUT2D eigenvalue weighted by molar-refractivity contribution is -0.384. The first kappa shape index (κ1) is 16.2. The minimum atomic E-state index is -1.16. The molecule has 1 atom stereocenters. The van der Waals surface area contributed by atoms with Gasteiger partial charge in [-0.2, -0.15) is 0 Å². The second-order valence-corrected chi connectivity index (χ2v) is 6.15. The van der Waals surface area contributed by atoms with Crippen LogP contribution in [0.3, 0.4) is 0 Å². The van der Waals surface area contributed by atoms with Crippen molar-refractivity contribution in [1.29, 1.82) is 0 Å². The van der Waals surface area contributed by atoms with Gasteiger partial charge in [0.2, 0.25) is 6.23 Å². The lowest BCUT2D eigenvalue weighted by Crippen LogP contribution is -2.09. The van der Waals surface area contributed by atoms with E-state index in [2.05, 4.69) is 9.98 Å². The molecule has 0 spiro atoms. The number of benzene rings is 2. The minimum absolute atomic E-state index is 0.0280. The minimum Gasteiger partial charge on any atom is -0.365 e. The molecule has 1 aliphatic rings. The van der Waals surface area contributed by atoms with E-state index in [0.29, 0.717) is 22.8 Å². The number of hydrogen-bond acceptors (Lipinski definition) is 5. The topological polar surface area (TPSA) is 93.5 Å². The van der Waals surface area contributed by atoms with Crippen LogP contribution in [-0.4, -0.2) is 25.3 Å². The summed E-state index contributed by atoms with van der Waals surface area (Å²) in [7, 11) is 0. The van der Waals surface area contributed by atoms with Gasteiger partial charge in [0, 0.05) is 29.0 Å². The van der Waals surface area contributed by atoms with Crippen LogP contribution >= 0.6 is 0 Å². The Labute approximate surface area is 149 Å². The van der Waals surface area contributed by atoms with E-state index in [1.807, 2.05) is 48.7 Å². The van der Waals surface area contributed by atoms with E-state index in [0.717, 1.165) is 17.0 Å². The van der Waals surface area contributed by atoms with Gasteiger partial charge >= 0.3 is 0 Å². The van der Waals surface area contributed by atoms with Crippen LogP contribution in [0.25, 0.3) is 5.69 Å². The fourth-order valence-electron chi connectivity index (χ4n) is 3.21. The summed E-state index contributed by atoms with van der Waals surface area (Å²) in [6.45, 7) is 3.76. The molecular weight excluding hydrogens is 332 g/mol. The summed E-state index contributed by atoms with van der Waals surface area (Å²) in [5, 5.41) is 22.0. The summed E-state index contributed by atoms with van der Waals surface area (Å²) in [6.07, 6.45) is -1.16. The Morgan fingerprint density at radius 3 is 2.58 bits per heavy atom. The first-order valence-electron chi connectivity index (χ1n) is 8.13. The zero-order valence-electron chi connectivity index (χ0n) is 14.2. The molecular formula is C19H16N4O3. The van der Waals surface area contributed by atoms with Crippen molar-refractivity contribution < 1.29 is 10.0 Å². The van der Waals surface area contributed by atoms with Crippen LogP contribution in [0.2, 0.25) is 0 Å². The van der Waals surface area contributed by atoms with Crippen molar-refractivity contribution in [2.45, 2.75) is 20.1 Å². The summed E-state index contributed by atoms with van der Waals surface area (Å²) in [6, 6.07) is 14.0. The van der Waals surface area contributed by atoms with E-state index in [-0.39, 0.29) is 5.69 Å². The molecule has 3 aromatic rings. The number of aliphatic imine (C=N–C) groups is 1. The van der Waals surface area contributed by atoms with Crippen molar-refractivity contribution in [1.82, 2.24) is 9.55 Å². The number of aliphatic hydroxyl groups is 1. The van der Waals surface area contributed by atoms with E-state index >= 15 is 0 Å². The van der Waals surface area contributed by atoms with E-state index in [1.54, 1.807) is 6.07 Å². The average Bonchev–Trinajstić information content (AvgIpc) is 2.88. The first-order chi connectivity index (χ1) is 12.5. The number of fused-ring (bicyclic) bond motifs is 3. The molecule has 1 unspecified atom stereocenters. The Kier molecular flexibility index (Phi) is 3.66. The van der Waals surface area contributed by atoms with Crippen LogP contribution in [0.4, 0.5) is 5.69 Å². The van der Waals surface area contributed by atoms with E-state index < -0.39 is 11.2 Å². The summed E-state index contributed by atoms with van der Waals surface area (Å²) < 4.78 is 1.82. The van der Waals surface area contributed by atoms with Crippen molar-refractivity contribution in [3.63, 3.8) is 0 Å². The van der Waals surface area contributed by atoms with Crippen LogP contribution in [-0.2, 0) is 0 Å². The molecule has 7 nitrogen and oxygen atoms in total. The standard InChI is InChI=1S/C19H16N4O3/c1-11-12(2)22-16-9-8-14(23(25)26)10-15(16)17(13-6-4-3-5-7-13)21-19(24)18(22)20-11/h3-10,19,24H,1-2H3. The molecule has 0 amide bonds. The normalized spacial score (nSPS) is 15.7. The number of nitro groups is 1. The number of nitrogens with zero attached hydrogens (tertiary/aromatic N) is 4. The molecule has 2 heterocycles. The van der Waals surface area contributed by atoms with Crippen LogP contribution < -0.4 is 0 Å². The predicted molar refractivity (Wildman–Crippen MR) is 96.7 cm³/mol. The third-order valence-electron chi connectivity index (χ3n) is 4.59. The molecule has 1 aromatic heterocycles. The highest BCUT2D eigenvalue weighted by Crippen LogP contribution is 2.33. The molecule has 1 N–H and O–H groups in total. The molecule has 1 aliphatic heterocycles. The number of aromatic nitrogens is 2. The van der Waals surface area contributed by atoms with Crippen LogP contribution in [0, 0.1) is 24.0 Å². The molecule has 130 valence electrons. The second kappa shape index (κ2) is 5.89. The lowest BCUT2D eigenvalue weighted by atomic mass is 9.99. The molecule has 0 radical (unpaired) electrons. The SMILES string of the molecule is Cc1nc2n(c1C)-c1ccc([N+](=O)[O-])cc1C(c1ccccc1)=NC2O. The van der Waals surface area contributed by atoms with E-state index in [1.165, 1.54) is 12.1 Å². The average molecular weight is 348 g/mol. The van der Waals surface area contributed by atoms with E-state index in [4.69, 9.17) is 0 Å². The van der Waals surface area contributed by atoms with Gasteiger partial charge in [-0.25, -0.2) is 9.98 Å². The highest BCUT2D eigenvalue weighted by Gasteiger charge is 2.28. The first-order valence-corrected chi connectivity index (χ1v) is 8.13. The third kappa shape index (κ3) is 2.41. The Hall–Kier alpha value is -3.32. The van der Waals surface area contributed by atoms with Gasteiger partial charge in [-0.1, -0.05) is 30.3 Å². The van der Waals surface area contributed by atoms with Crippen LogP contribution in [0.1, 0.15) is 34.6 Å². The highest BCUT2D eigenvalue weighted by atomic mass is 16.6. The molecule has 0 bridgehead atoms. The molecule has 0 saturated carbocycles. The van der Waals surface area contributed by atoms with Crippen molar-refractivity contribution in [2.75, 3.05) is 0 Å². The van der Waals surface area contributed by atoms with Gasteiger partial charge < -0.3 is 5.11 Å². The fraction of sp³-hybridized carbons (Fsp3) is 0.158. The van der Waals surface area contributed by atoms with Gasteiger partial charge in [-0.15, -0.1) is 0 Å². The molecule has 26 heavy (non-hydrogen) atoms. The third-order valence-corrected chi connectivity index (χ3v) is 4.59. The maximum Gasteiger partial charge on any atom is 0.270 e. The summed E-state index contributed by atoms with van der Waals surface area (Å²) >= 11 is 0. The number of non-ortho nitro benzene ring substituents is 1. The Morgan fingerprint density at radius 2 is 1.88 bits per heavy atom. The number of aliphatic hydroxyl groups excluding tert-OH is 1. The lowest BCUT2D eigenvalue weighted by Gasteiger charge is -2.13. The number of aryl methyl sites for hydroxylation is 1. The molecule has 7 heteroatoms. The Balaban J connectivity index is 2.07. The van der Waals surface area contributed by atoms with Crippen molar-refractivity contribution in [3.05, 3.63) is 87.0 Å². The van der Waals surface area contributed by atoms with Gasteiger partial charge in [0.25, 0.3) is 5.69 Å². The van der Waals surface area contributed by atoms with Gasteiger partial charge in [0.05, 0.1) is 22.0 Å². The van der Waals surface area contributed by atoms with Gasteiger partial charge in [0.15, 0.2) is 5.82 Å². The smallest absolute Gasteiger partial charge is 0.270 e. The van der Waals surface area contributed by atoms with Crippen LogP contribution in [0.15, 0.2) is 53.5 Å². The molecule has 4 rings (SSSR count). The summed E-state index contributed by atoms with van der Waals surface area (Å²) in [5.74, 6) is 0.404. The number of rotatable bonds is 2. The number of nitro benzene ring substituents is 1. The molecule has 0 aliphatic carbocycles.